The normalized spacial score (nSPS) is 27.9. The van der Waals surface area contributed by atoms with Gasteiger partial charge in [-0.2, -0.15) is 0 Å². The van der Waals surface area contributed by atoms with Crippen molar-refractivity contribution in [3.8, 4) is 0 Å². The number of alkyl halides is 2. The third-order valence-electron chi connectivity index (χ3n) is 3.07. The molecule has 88 valence electrons. The Hall–Kier alpha value is -0.710. The molecule has 16 heavy (non-hydrogen) atoms. The Kier molecular flexibility index (Phi) is 2.90. The molecule has 0 amide bonds. The van der Waals surface area contributed by atoms with Crippen molar-refractivity contribution in [2.24, 2.45) is 11.7 Å². The van der Waals surface area contributed by atoms with Gasteiger partial charge in [-0.25, -0.2) is 8.78 Å². The van der Waals surface area contributed by atoms with Gasteiger partial charge in [-0.3, -0.25) is 0 Å². The van der Waals surface area contributed by atoms with Crippen LogP contribution in [0.1, 0.15) is 12.0 Å². The molecule has 1 aromatic carbocycles. The van der Waals surface area contributed by atoms with Crippen molar-refractivity contribution < 1.29 is 13.9 Å². The highest BCUT2D eigenvalue weighted by Gasteiger charge is 2.56. The van der Waals surface area contributed by atoms with Gasteiger partial charge in [0.05, 0.1) is 6.10 Å². The number of nitrogens with two attached hydrogens (primary N) is 1. The first-order valence-corrected chi connectivity index (χ1v) is 5.35. The highest BCUT2D eigenvalue weighted by Crippen LogP contribution is 2.49. The zero-order valence-electron chi connectivity index (χ0n) is 8.41. The first-order chi connectivity index (χ1) is 7.48. The van der Waals surface area contributed by atoms with Crippen molar-refractivity contribution in [3.63, 3.8) is 0 Å². The van der Waals surface area contributed by atoms with E-state index >= 15 is 0 Å². The fourth-order valence-corrected chi connectivity index (χ4v) is 2.29. The van der Waals surface area contributed by atoms with Gasteiger partial charge in [0.15, 0.2) is 0 Å². The van der Waals surface area contributed by atoms with Gasteiger partial charge >= 0.3 is 0 Å². The lowest BCUT2D eigenvalue weighted by Crippen LogP contribution is -2.47. The zero-order chi connectivity index (χ0) is 11.9. The highest BCUT2D eigenvalue weighted by molar-refractivity contribution is 6.31. The van der Waals surface area contributed by atoms with Crippen molar-refractivity contribution in [3.05, 3.63) is 34.9 Å². The fraction of sp³-hybridized carbons (Fsp3) is 0.455. The SMILES string of the molecule is N[C@](c1ccccc1Cl)(C(F)F)[C@@H]1C[C@@H]1O. The van der Waals surface area contributed by atoms with Gasteiger partial charge in [0.2, 0.25) is 0 Å². The Bertz CT molecular complexity index is 401. The van der Waals surface area contributed by atoms with Gasteiger partial charge in [0.25, 0.3) is 6.43 Å². The second kappa shape index (κ2) is 3.95. The number of rotatable bonds is 3. The minimum Gasteiger partial charge on any atom is -0.393 e. The van der Waals surface area contributed by atoms with E-state index in [4.69, 9.17) is 17.3 Å². The van der Waals surface area contributed by atoms with Gasteiger partial charge in [-0.05, 0) is 18.1 Å². The molecule has 0 saturated heterocycles. The molecule has 2 rings (SSSR count). The monoisotopic (exact) mass is 247 g/mol. The van der Waals surface area contributed by atoms with Crippen molar-refractivity contribution in [2.45, 2.75) is 24.5 Å². The minimum absolute atomic E-state index is 0.202. The molecule has 1 saturated carbocycles. The summed E-state index contributed by atoms with van der Waals surface area (Å²) in [6.45, 7) is 0. The Morgan fingerprint density at radius 3 is 2.44 bits per heavy atom. The molecule has 0 heterocycles. The van der Waals surface area contributed by atoms with Crippen LogP contribution >= 0.6 is 11.6 Å². The van der Waals surface area contributed by atoms with E-state index in [0.29, 0.717) is 6.42 Å². The smallest absolute Gasteiger partial charge is 0.260 e. The molecule has 0 aromatic heterocycles. The van der Waals surface area contributed by atoms with Crippen LogP contribution in [0.5, 0.6) is 0 Å². The largest absolute Gasteiger partial charge is 0.393 e. The van der Waals surface area contributed by atoms with Gasteiger partial charge in [-0.1, -0.05) is 29.8 Å². The van der Waals surface area contributed by atoms with Crippen molar-refractivity contribution in [1.29, 1.82) is 0 Å². The maximum atomic E-state index is 13.1. The summed E-state index contributed by atoms with van der Waals surface area (Å²) in [4.78, 5) is 0. The van der Waals surface area contributed by atoms with Crippen LogP contribution in [-0.4, -0.2) is 17.6 Å². The summed E-state index contributed by atoms with van der Waals surface area (Å²) in [6, 6.07) is 6.27. The molecule has 3 atom stereocenters. The number of aliphatic hydroxyl groups is 1. The zero-order valence-corrected chi connectivity index (χ0v) is 9.16. The predicted molar refractivity (Wildman–Crippen MR) is 57.4 cm³/mol. The molecule has 0 unspecified atom stereocenters. The lowest BCUT2D eigenvalue weighted by molar-refractivity contribution is 0.0283. The van der Waals surface area contributed by atoms with Gasteiger partial charge in [0.1, 0.15) is 5.54 Å². The van der Waals surface area contributed by atoms with Crippen LogP contribution in [0.4, 0.5) is 8.78 Å². The first-order valence-electron chi connectivity index (χ1n) is 4.98. The summed E-state index contributed by atoms with van der Waals surface area (Å²) in [6.07, 6.45) is -3.21. The molecule has 1 aliphatic carbocycles. The van der Waals surface area contributed by atoms with E-state index < -0.39 is 24.0 Å². The Morgan fingerprint density at radius 2 is 2.00 bits per heavy atom. The summed E-state index contributed by atoms with van der Waals surface area (Å²) in [5.74, 6) is -0.618. The summed E-state index contributed by atoms with van der Waals surface area (Å²) >= 11 is 5.88. The summed E-state index contributed by atoms with van der Waals surface area (Å²) in [7, 11) is 0. The quantitative estimate of drug-likeness (QED) is 0.860. The fourth-order valence-electron chi connectivity index (χ4n) is 1.99. The third kappa shape index (κ3) is 1.71. The lowest BCUT2D eigenvalue weighted by Gasteiger charge is -2.30. The molecule has 2 nitrogen and oxygen atoms in total. The molecule has 1 fully saturated rings. The number of hydrogen-bond acceptors (Lipinski definition) is 2. The second-order valence-electron chi connectivity index (χ2n) is 4.12. The van der Waals surface area contributed by atoms with Gasteiger partial charge in [0, 0.05) is 10.9 Å². The average molecular weight is 248 g/mol. The molecule has 0 aliphatic heterocycles. The maximum absolute atomic E-state index is 13.1. The molecule has 5 heteroatoms. The number of halogens is 3. The van der Waals surface area contributed by atoms with Crippen molar-refractivity contribution in [1.82, 2.24) is 0 Å². The van der Waals surface area contributed by atoms with Crippen LogP contribution in [0.2, 0.25) is 5.02 Å². The third-order valence-corrected chi connectivity index (χ3v) is 3.40. The number of hydrogen-bond donors (Lipinski definition) is 2. The average Bonchev–Trinajstić information content (AvgIpc) is 2.95. The minimum atomic E-state index is -2.76. The van der Waals surface area contributed by atoms with E-state index in [0.717, 1.165) is 0 Å². The Labute approximate surface area is 97.0 Å². The van der Waals surface area contributed by atoms with Crippen LogP contribution in [0, 0.1) is 5.92 Å². The molecule has 0 spiro atoms. The van der Waals surface area contributed by atoms with Crippen molar-refractivity contribution in [2.75, 3.05) is 0 Å². The summed E-state index contributed by atoms with van der Waals surface area (Å²) in [5, 5.41) is 9.52. The maximum Gasteiger partial charge on any atom is 0.260 e. The van der Waals surface area contributed by atoms with E-state index in [1.54, 1.807) is 12.1 Å². The summed E-state index contributed by atoms with van der Waals surface area (Å²) < 4.78 is 26.2. The van der Waals surface area contributed by atoms with E-state index in [9.17, 15) is 13.9 Å². The van der Waals surface area contributed by atoms with Crippen LogP contribution in [0.3, 0.4) is 0 Å². The summed E-state index contributed by atoms with van der Waals surface area (Å²) in [5.41, 5.74) is 4.12. The number of aliphatic hydroxyl groups excluding tert-OH is 1. The van der Waals surface area contributed by atoms with Crippen LogP contribution in [0.15, 0.2) is 24.3 Å². The molecule has 0 bridgehead atoms. The second-order valence-corrected chi connectivity index (χ2v) is 4.53. The standard InChI is InChI=1S/C11H12ClF2NO/c12-8-4-2-1-3-6(8)11(15,10(13)14)7-5-9(7)16/h1-4,7,9-10,16H,5,15H2/t7-,9+,11+/m1/s1. The lowest BCUT2D eigenvalue weighted by atomic mass is 9.86. The van der Waals surface area contributed by atoms with Crippen LogP contribution in [-0.2, 0) is 5.54 Å². The molecular weight excluding hydrogens is 236 g/mol. The number of benzene rings is 1. The van der Waals surface area contributed by atoms with E-state index in [1.807, 2.05) is 0 Å². The van der Waals surface area contributed by atoms with Gasteiger partial charge in [-0.15, -0.1) is 0 Å². The molecule has 3 N–H and O–H groups in total. The first kappa shape index (κ1) is 11.8. The van der Waals surface area contributed by atoms with Crippen LogP contribution in [0.25, 0.3) is 0 Å². The molecule has 1 aromatic rings. The van der Waals surface area contributed by atoms with E-state index in [1.165, 1.54) is 12.1 Å². The topological polar surface area (TPSA) is 46.2 Å². The molecular formula is C11H12ClF2NO. The van der Waals surface area contributed by atoms with E-state index in [-0.39, 0.29) is 10.6 Å². The predicted octanol–water partition coefficient (Wildman–Crippen LogP) is 2.14. The van der Waals surface area contributed by atoms with E-state index in [2.05, 4.69) is 0 Å². The molecule has 1 aliphatic rings. The van der Waals surface area contributed by atoms with Crippen LogP contribution < -0.4 is 5.73 Å². The van der Waals surface area contributed by atoms with Gasteiger partial charge < -0.3 is 10.8 Å². The Balaban J connectivity index is 2.44. The highest BCUT2D eigenvalue weighted by atomic mass is 35.5. The molecule has 0 radical (unpaired) electrons. The Morgan fingerprint density at radius 1 is 1.44 bits per heavy atom. The van der Waals surface area contributed by atoms with Crippen molar-refractivity contribution >= 4 is 11.6 Å².